The molecule has 0 saturated heterocycles. The lowest BCUT2D eigenvalue weighted by molar-refractivity contribution is -0.114. The number of ether oxygens (including phenoxy) is 1. The normalized spacial score (nSPS) is 13.8. The molecule has 0 aromatic heterocycles. The molecule has 8 nitrogen and oxygen atoms in total. The van der Waals surface area contributed by atoms with Crippen molar-refractivity contribution in [2.45, 2.75) is 54.9 Å². The molecule has 2 amide bonds. The number of hydrogen-bond donors (Lipinski definition) is 2. The Kier molecular flexibility index (Phi) is 10.1. The first kappa shape index (κ1) is 29.5. The molecule has 0 bridgehead atoms. The number of amides is 2. The third-order valence-electron chi connectivity index (χ3n) is 6.75. The van der Waals surface area contributed by atoms with E-state index in [1.165, 1.54) is 30.3 Å². The van der Waals surface area contributed by atoms with Crippen LogP contribution in [0.15, 0.2) is 82.6 Å². The van der Waals surface area contributed by atoms with Gasteiger partial charge in [-0.1, -0.05) is 43.5 Å². The molecule has 1 saturated carbocycles. The molecular weight excluding hydrogens is 546 g/mol. The van der Waals surface area contributed by atoms with Crippen LogP contribution in [0.5, 0.6) is 5.75 Å². The fraction of sp³-hybridized carbons (Fsp3) is 0.333. The maximum absolute atomic E-state index is 13.9. The first-order valence-corrected chi connectivity index (χ1v) is 16.1. The minimum absolute atomic E-state index is 0.0525. The van der Waals surface area contributed by atoms with Crippen LogP contribution in [0.1, 0.15) is 49.4 Å². The summed E-state index contributed by atoms with van der Waals surface area (Å²) in [5.74, 6) is -0.509. The summed E-state index contributed by atoms with van der Waals surface area (Å²) in [6.45, 7) is 1.61. The highest BCUT2D eigenvalue weighted by Crippen LogP contribution is 2.33. The Balaban J connectivity index is 1.62. The quantitative estimate of drug-likeness (QED) is 0.281. The van der Waals surface area contributed by atoms with Gasteiger partial charge in [0.15, 0.2) is 0 Å². The molecule has 4 rings (SSSR count). The van der Waals surface area contributed by atoms with Crippen LogP contribution in [0, 0.1) is 0 Å². The molecule has 1 aliphatic carbocycles. The number of anilines is 2. The number of nitrogens with one attached hydrogen (secondary N) is 2. The van der Waals surface area contributed by atoms with Gasteiger partial charge in [-0.2, -0.15) is 0 Å². The van der Waals surface area contributed by atoms with Crippen molar-refractivity contribution in [1.82, 2.24) is 5.32 Å². The maximum atomic E-state index is 13.9. The monoisotopic (exact) mass is 581 g/mol. The van der Waals surface area contributed by atoms with E-state index >= 15 is 0 Å². The fourth-order valence-corrected chi connectivity index (χ4v) is 6.58. The van der Waals surface area contributed by atoms with E-state index in [4.69, 9.17) is 4.74 Å². The Morgan fingerprint density at radius 1 is 0.950 bits per heavy atom. The maximum Gasteiger partial charge on any atom is 0.264 e. The molecule has 3 aromatic rings. The van der Waals surface area contributed by atoms with Gasteiger partial charge in [0.05, 0.1) is 28.4 Å². The fourth-order valence-electron chi connectivity index (χ4n) is 4.74. The van der Waals surface area contributed by atoms with E-state index in [9.17, 15) is 18.0 Å². The first-order valence-electron chi connectivity index (χ1n) is 13.4. The van der Waals surface area contributed by atoms with Gasteiger partial charge in [-0.3, -0.25) is 13.9 Å². The van der Waals surface area contributed by atoms with Crippen LogP contribution in [0.3, 0.4) is 0 Å². The van der Waals surface area contributed by atoms with Crippen molar-refractivity contribution >= 4 is 45.0 Å². The highest BCUT2D eigenvalue weighted by molar-refractivity contribution is 7.98. The van der Waals surface area contributed by atoms with Crippen molar-refractivity contribution in [3.63, 3.8) is 0 Å². The van der Waals surface area contributed by atoms with Crippen LogP contribution in [-0.2, 0) is 14.8 Å². The van der Waals surface area contributed by atoms with Gasteiger partial charge in [0, 0.05) is 10.9 Å². The van der Waals surface area contributed by atoms with E-state index < -0.39 is 22.5 Å². The topological polar surface area (TPSA) is 105 Å². The lowest BCUT2D eigenvalue weighted by Gasteiger charge is -2.26. The standard InChI is InChI=1S/C30H35N3O5S2/c1-3-38-28-16-10-9-15-27(28)33(40(36,37)24-19-17-23(39-2)18-20-24)21-29(34)32-26-14-8-7-13-25(26)30(35)31-22-11-5-4-6-12-22/h7-10,13-20,22H,3-6,11-12,21H2,1-2H3,(H,31,35)(H,32,34). The molecule has 0 atom stereocenters. The van der Waals surface area contributed by atoms with Crippen LogP contribution in [0.4, 0.5) is 11.4 Å². The Hall–Kier alpha value is -3.50. The highest BCUT2D eigenvalue weighted by Gasteiger charge is 2.30. The van der Waals surface area contributed by atoms with Gasteiger partial charge in [0.25, 0.3) is 15.9 Å². The zero-order valence-corrected chi connectivity index (χ0v) is 24.4. The molecule has 40 heavy (non-hydrogen) atoms. The van der Waals surface area contributed by atoms with Gasteiger partial charge in [0.1, 0.15) is 12.3 Å². The second-order valence-corrected chi connectivity index (χ2v) is 12.2. The molecule has 10 heteroatoms. The van der Waals surface area contributed by atoms with Crippen LogP contribution in [0.25, 0.3) is 0 Å². The third kappa shape index (κ3) is 7.17. The Morgan fingerprint density at radius 2 is 1.62 bits per heavy atom. The Bertz CT molecular complexity index is 1420. The second kappa shape index (κ2) is 13.7. The van der Waals surface area contributed by atoms with Crippen LogP contribution >= 0.6 is 11.8 Å². The van der Waals surface area contributed by atoms with Crippen LogP contribution in [0.2, 0.25) is 0 Å². The number of rotatable bonds is 11. The predicted molar refractivity (Wildman–Crippen MR) is 160 cm³/mol. The van der Waals surface area contributed by atoms with Gasteiger partial charge >= 0.3 is 0 Å². The largest absolute Gasteiger partial charge is 0.492 e. The molecule has 3 aromatic carbocycles. The number of carbonyl (C=O) groups is 2. The number of benzene rings is 3. The summed E-state index contributed by atoms with van der Waals surface area (Å²) in [4.78, 5) is 27.5. The molecule has 212 valence electrons. The van der Waals surface area contributed by atoms with E-state index in [1.807, 2.05) is 6.26 Å². The number of nitrogens with zero attached hydrogens (tertiary/aromatic N) is 1. The van der Waals surface area contributed by atoms with E-state index in [2.05, 4.69) is 10.6 Å². The van der Waals surface area contributed by atoms with E-state index in [0.717, 1.165) is 34.9 Å². The number of thioether (sulfide) groups is 1. The van der Waals surface area contributed by atoms with E-state index in [-0.39, 0.29) is 22.5 Å². The molecule has 0 radical (unpaired) electrons. The van der Waals surface area contributed by atoms with Gasteiger partial charge in [-0.15, -0.1) is 11.8 Å². The van der Waals surface area contributed by atoms with E-state index in [1.54, 1.807) is 67.6 Å². The lowest BCUT2D eigenvalue weighted by Crippen LogP contribution is -2.39. The van der Waals surface area contributed by atoms with Gasteiger partial charge < -0.3 is 15.4 Å². The first-order chi connectivity index (χ1) is 19.3. The number of sulfonamides is 1. The van der Waals surface area contributed by atoms with Gasteiger partial charge in [-0.05, 0) is 74.6 Å². The van der Waals surface area contributed by atoms with Crippen LogP contribution in [-0.4, -0.2) is 45.7 Å². The summed E-state index contributed by atoms with van der Waals surface area (Å²) in [6.07, 6.45) is 7.11. The minimum Gasteiger partial charge on any atom is -0.492 e. The van der Waals surface area contributed by atoms with Crippen molar-refractivity contribution < 1.29 is 22.7 Å². The molecule has 0 heterocycles. The summed E-state index contributed by atoms with van der Waals surface area (Å²) in [7, 11) is -4.15. The zero-order chi connectivity index (χ0) is 28.5. The summed E-state index contributed by atoms with van der Waals surface area (Å²) < 4.78 is 34.5. The number of carbonyl (C=O) groups excluding carboxylic acids is 2. The second-order valence-electron chi connectivity index (χ2n) is 9.49. The summed E-state index contributed by atoms with van der Waals surface area (Å²) in [5, 5.41) is 5.85. The highest BCUT2D eigenvalue weighted by atomic mass is 32.2. The molecular formula is C30H35N3O5S2. The van der Waals surface area contributed by atoms with Gasteiger partial charge in [-0.25, -0.2) is 8.42 Å². The SMILES string of the molecule is CCOc1ccccc1N(CC(=O)Nc1ccccc1C(=O)NC1CCCCC1)S(=O)(=O)c1ccc(SC)cc1. The minimum atomic E-state index is -4.15. The molecule has 1 fully saturated rings. The number of para-hydroxylation sites is 3. The van der Waals surface area contributed by atoms with Crippen molar-refractivity contribution in [2.75, 3.05) is 29.0 Å². The smallest absolute Gasteiger partial charge is 0.264 e. The van der Waals surface area contributed by atoms with E-state index in [0.29, 0.717) is 23.6 Å². The van der Waals surface area contributed by atoms with Crippen molar-refractivity contribution in [3.05, 3.63) is 78.4 Å². The average Bonchev–Trinajstić information content (AvgIpc) is 2.97. The zero-order valence-electron chi connectivity index (χ0n) is 22.8. The molecule has 0 spiro atoms. The average molecular weight is 582 g/mol. The predicted octanol–water partition coefficient (Wildman–Crippen LogP) is 5.70. The van der Waals surface area contributed by atoms with Crippen molar-refractivity contribution in [3.8, 4) is 5.75 Å². The lowest BCUT2D eigenvalue weighted by atomic mass is 9.95. The summed E-state index contributed by atoms with van der Waals surface area (Å²) in [5.41, 5.74) is 0.899. The van der Waals surface area contributed by atoms with Crippen LogP contribution < -0.4 is 19.7 Å². The summed E-state index contributed by atoms with van der Waals surface area (Å²) in [6, 6.07) is 20.1. The molecule has 0 unspecified atom stereocenters. The molecule has 2 N–H and O–H groups in total. The number of hydrogen-bond acceptors (Lipinski definition) is 6. The summed E-state index contributed by atoms with van der Waals surface area (Å²) >= 11 is 1.50. The molecule has 0 aliphatic heterocycles. The van der Waals surface area contributed by atoms with Crippen molar-refractivity contribution in [1.29, 1.82) is 0 Å². The van der Waals surface area contributed by atoms with Gasteiger partial charge in [0.2, 0.25) is 5.91 Å². The van der Waals surface area contributed by atoms with Crippen molar-refractivity contribution in [2.24, 2.45) is 0 Å². The third-order valence-corrected chi connectivity index (χ3v) is 9.27. The molecule has 1 aliphatic rings. The Morgan fingerprint density at radius 3 is 2.33 bits per heavy atom. The Labute approximate surface area is 240 Å².